The highest BCUT2D eigenvalue weighted by atomic mass is 79.9. The Balaban J connectivity index is 2.82. The number of hydrogen-bond acceptors (Lipinski definition) is 3. The van der Waals surface area contributed by atoms with Crippen molar-refractivity contribution in [2.24, 2.45) is 5.41 Å². The number of rotatable bonds is 5. The van der Waals surface area contributed by atoms with Crippen molar-refractivity contribution in [1.29, 1.82) is 0 Å². The van der Waals surface area contributed by atoms with E-state index in [1.165, 1.54) is 7.11 Å². The molecule has 0 aliphatic rings. The number of ether oxygens (including phenoxy) is 1. The van der Waals surface area contributed by atoms with Crippen LogP contribution in [0.2, 0.25) is 0 Å². The van der Waals surface area contributed by atoms with E-state index in [0.29, 0.717) is 11.3 Å². The van der Waals surface area contributed by atoms with Crippen LogP contribution in [0.1, 0.15) is 24.2 Å². The van der Waals surface area contributed by atoms with Gasteiger partial charge in [0.05, 0.1) is 18.1 Å². The van der Waals surface area contributed by atoms with Crippen LogP contribution in [0.15, 0.2) is 22.7 Å². The lowest BCUT2D eigenvalue weighted by atomic mass is 9.94. The van der Waals surface area contributed by atoms with Crippen LogP contribution in [-0.4, -0.2) is 30.6 Å². The highest BCUT2D eigenvalue weighted by Crippen LogP contribution is 2.23. The molecule has 6 heteroatoms. The molecule has 0 heterocycles. The van der Waals surface area contributed by atoms with Gasteiger partial charge in [0.25, 0.3) is 5.91 Å². The Labute approximate surface area is 120 Å². The Morgan fingerprint density at radius 1 is 1.42 bits per heavy atom. The van der Waals surface area contributed by atoms with Gasteiger partial charge in [-0.2, -0.15) is 0 Å². The number of aliphatic carboxylic acids is 1. The average molecular weight is 330 g/mol. The molecular weight excluding hydrogens is 314 g/mol. The smallest absolute Gasteiger partial charge is 0.310 e. The maximum atomic E-state index is 12.0. The van der Waals surface area contributed by atoms with E-state index in [4.69, 9.17) is 9.84 Å². The zero-order chi connectivity index (χ0) is 14.6. The molecule has 0 aromatic heterocycles. The van der Waals surface area contributed by atoms with Crippen LogP contribution >= 0.6 is 15.9 Å². The summed E-state index contributed by atoms with van der Waals surface area (Å²) in [6, 6.07) is 5.02. The van der Waals surface area contributed by atoms with Gasteiger partial charge in [-0.3, -0.25) is 9.59 Å². The van der Waals surface area contributed by atoms with Crippen LogP contribution in [0.5, 0.6) is 5.75 Å². The molecule has 1 aromatic rings. The molecule has 1 amide bonds. The van der Waals surface area contributed by atoms with Crippen molar-refractivity contribution in [3.8, 4) is 5.75 Å². The molecule has 0 radical (unpaired) electrons. The molecule has 2 N–H and O–H groups in total. The standard InChI is InChI=1S/C13H16BrNO4/c1-13(2,12(17)18)7-15-11(16)9-5-4-8(14)6-10(9)19-3/h4-6H,7H2,1-3H3,(H,15,16)(H,17,18). The van der Waals surface area contributed by atoms with Gasteiger partial charge < -0.3 is 15.2 Å². The third kappa shape index (κ3) is 3.96. The second-order valence-electron chi connectivity index (χ2n) is 4.72. The fourth-order valence-corrected chi connectivity index (χ4v) is 1.66. The number of carboxylic acids is 1. The summed E-state index contributed by atoms with van der Waals surface area (Å²) >= 11 is 3.29. The van der Waals surface area contributed by atoms with Crippen molar-refractivity contribution in [3.05, 3.63) is 28.2 Å². The van der Waals surface area contributed by atoms with Gasteiger partial charge >= 0.3 is 5.97 Å². The summed E-state index contributed by atoms with van der Waals surface area (Å²) in [5, 5.41) is 11.6. The fraction of sp³-hybridized carbons (Fsp3) is 0.385. The van der Waals surface area contributed by atoms with E-state index < -0.39 is 11.4 Å². The predicted octanol–water partition coefficient (Wildman–Crippen LogP) is 2.30. The summed E-state index contributed by atoms with van der Waals surface area (Å²) in [5.74, 6) is -0.894. The molecule has 0 aliphatic carbocycles. The zero-order valence-corrected chi connectivity index (χ0v) is 12.6. The van der Waals surface area contributed by atoms with Crippen molar-refractivity contribution in [2.45, 2.75) is 13.8 Å². The van der Waals surface area contributed by atoms with Crippen molar-refractivity contribution in [1.82, 2.24) is 5.32 Å². The van der Waals surface area contributed by atoms with Crippen LogP contribution < -0.4 is 10.1 Å². The monoisotopic (exact) mass is 329 g/mol. The highest BCUT2D eigenvalue weighted by Gasteiger charge is 2.28. The van der Waals surface area contributed by atoms with Crippen molar-refractivity contribution < 1.29 is 19.4 Å². The number of carbonyl (C=O) groups is 2. The molecule has 0 aliphatic heterocycles. The lowest BCUT2D eigenvalue weighted by Gasteiger charge is -2.19. The number of methoxy groups -OCH3 is 1. The topological polar surface area (TPSA) is 75.6 Å². The first-order chi connectivity index (χ1) is 8.77. The summed E-state index contributed by atoms with van der Waals surface area (Å²) < 4.78 is 5.92. The Kier molecular flexibility index (Phi) is 4.94. The summed E-state index contributed by atoms with van der Waals surface area (Å²) in [6.45, 7) is 3.14. The van der Waals surface area contributed by atoms with Gasteiger partial charge in [0.1, 0.15) is 5.75 Å². The molecule has 5 nitrogen and oxygen atoms in total. The van der Waals surface area contributed by atoms with Crippen LogP contribution in [0.3, 0.4) is 0 Å². The second kappa shape index (κ2) is 6.06. The van der Waals surface area contributed by atoms with Crippen molar-refractivity contribution in [3.63, 3.8) is 0 Å². The van der Waals surface area contributed by atoms with Gasteiger partial charge in [0.15, 0.2) is 0 Å². The number of hydrogen-bond donors (Lipinski definition) is 2. The van der Waals surface area contributed by atoms with Crippen molar-refractivity contribution >= 4 is 27.8 Å². The Hall–Kier alpha value is -1.56. The van der Waals surface area contributed by atoms with Gasteiger partial charge in [-0.05, 0) is 32.0 Å². The minimum atomic E-state index is -1.02. The van der Waals surface area contributed by atoms with E-state index in [9.17, 15) is 9.59 Å². The van der Waals surface area contributed by atoms with Gasteiger partial charge in [-0.1, -0.05) is 15.9 Å². The van der Waals surface area contributed by atoms with E-state index >= 15 is 0 Å². The van der Waals surface area contributed by atoms with Crippen LogP contribution in [0.25, 0.3) is 0 Å². The second-order valence-corrected chi connectivity index (χ2v) is 5.63. The van der Waals surface area contributed by atoms with E-state index in [-0.39, 0.29) is 12.5 Å². The third-order valence-electron chi connectivity index (χ3n) is 2.68. The molecule has 0 saturated heterocycles. The maximum absolute atomic E-state index is 12.0. The number of benzene rings is 1. The van der Waals surface area contributed by atoms with Gasteiger partial charge in [-0.15, -0.1) is 0 Å². The molecule has 1 aromatic carbocycles. The Morgan fingerprint density at radius 3 is 2.58 bits per heavy atom. The molecule has 0 atom stereocenters. The van der Waals surface area contributed by atoms with Crippen LogP contribution in [0, 0.1) is 5.41 Å². The molecule has 0 fully saturated rings. The first-order valence-corrected chi connectivity index (χ1v) is 6.42. The summed E-state index contributed by atoms with van der Waals surface area (Å²) in [4.78, 5) is 23.0. The fourth-order valence-electron chi connectivity index (χ4n) is 1.32. The van der Waals surface area contributed by atoms with Gasteiger partial charge in [0, 0.05) is 11.0 Å². The number of halogens is 1. The molecule has 0 unspecified atom stereocenters. The first-order valence-electron chi connectivity index (χ1n) is 5.63. The van der Waals surface area contributed by atoms with Crippen LogP contribution in [-0.2, 0) is 4.79 Å². The van der Waals surface area contributed by atoms with Gasteiger partial charge in [0.2, 0.25) is 0 Å². The number of nitrogens with one attached hydrogen (secondary N) is 1. The van der Waals surface area contributed by atoms with Crippen molar-refractivity contribution in [2.75, 3.05) is 13.7 Å². The zero-order valence-electron chi connectivity index (χ0n) is 11.0. The normalized spacial score (nSPS) is 10.9. The Bertz CT molecular complexity index is 499. The molecule has 0 spiro atoms. The molecule has 0 saturated carbocycles. The lowest BCUT2D eigenvalue weighted by molar-refractivity contribution is -0.146. The number of carboxylic acid groups (broad SMARTS) is 1. The summed E-state index contributed by atoms with van der Waals surface area (Å²) in [5.41, 5.74) is -0.648. The molecule has 1 rings (SSSR count). The SMILES string of the molecule is COc1cc(Br)ccc1C(=O)NCC(C)(C)C(=O)O. The predicted molar refractivity (Wildman–Crippen MR) is 74.4 cm³/mol. The first kappa shape index (κ1) is 15.5. The highest BCUT2D eigenvalue weighted by molar-refractivity contribution is 9.10. The number of amides is 1. The number of carbonyl (C=O) groups excluding carboxylic acids is 1. The maximum Gasteiger partial charge on any atom is 0.310 e. The van der Waals surface area contributed by atoms with E-state index in [2.05, 4.69) is 21.2 Å². The van der Waals surface area contributed by atoms with Gasteiger partial charge in [-0.25, -0.2) is 0 Å². The van der Waals surface area contributed by atoms with E-state index in [1.807, 2.05) is 0 Å². The molecule has 19 heavy (non-hydrogen) atoms. The molecule has 104 valence electrons. The average Bonchev–Trinajstić information content (AvgIpc) is 2.35. The molecular formula is C13H16BrNO4. The summed E-state index contributed by atoms with van der Waals surface area (Å²) in [6.07, 6.45) is 0. The van der Waals surface area contributed by atoms with E-state index in [0.717, 1.165) is 4.47 Å². The minimum Gasteiger partial charge on any atom is -0.496 e. The Morgan fingerprint density at radius 2 is 2.05 bits per heavy atom. The lowest BCUT2D eigenvalue weighted by Crippen LogP contribution is -2.39. The van der Waals surface area contributed by atoms with Crippen LogP contribution in [0.4, 0.5) is 0 Å². The summed E-state index contributed by atoms with van der Waals surface area (Å²) in [7, 11) is 1.47. The minimum absolute atomic E-state index is 0.0420. The van der Waals surface area contributed by atoms with E-state index in [1.54, 1.807) is 32.0 Å². The largest absolute Gasteiger partial charge is 0.496 e. The quantitative estimate of drug-likeness (QED) is 0.869. The third-order valence-corrected chi connectivity index (χ3v) is 3.17. The molecule has 0 bridgehead atoms.